The molecule has 190 valence electrons. The van der Waals surface area contributed by atoms with E-state index in [9.17, 15) is 13.2 Å². The zero-order valence-corrected chi connectivity index (χ0v) is 22.2. The standard InChI is InChI=1S/C27H28Cl2N2O4S/c1-36(33,34)31(18-23-24(28)8-5-9-25(23)29)22-12-10-20(11-13-22)26(32)30-19-27(14-16-35-17-15-27)21-6-3-2-4-7-21/h2-13H,14-19H2,1H3,(H,30,32). The first-order valence-electron chi connectivity index (χ1n) is 11.6. The first-order chi connectivity index (χ1) is 17.2. The number of nitrogens with zero attached hydrogens (tertiary/aromatic N) is 1. The average Bonchev–Trinajstić information content (AvgIpc) is 2.88. The molecule has 0 bridgehead atoms. The summed E-state index contributed by atoms with van der Waals surface area (Å²) in [6, 6.07) is 21.7. The summed E-state index contributed by atoms with van der Waals surface area (Å²) in [6.45, 7) is 1.76. The monoisotopic (exact) mass is 546 g/mol. The predicted molar refractivity (Wildman–Crippen MR) is 144 cm³/mol. The van der Waals surface area contributed by atoms with Crippen LogP contribution in [0.2, 0.25) is 10.0 Å². The van der Waals surface area contributed by atoms with Gasteiger partial charge in [0, 0.05) is 46.3 Å². The molecule has 3 aromatic rings. The number of halogens is 2. The summed E-state index contributed by atoms with van der Waals surface area (Å²) >= 11 is 12.5. The van der Waals surface area contributed by atoms with Gasteiger partial charge in [-0.05, 0) is 54.8 Å². The van der Waals surface area contributed by atoms with Crippen molar-refractivity contribution in [1.29, 1.82) is 0 Å². The first kappa shape index (κ1) is 26.5. The molecule has 1 aliphatic heterocycles. The normalized spacial score (nSPS) is 15.3. The predicted octanol–water partition coefficient (Wildman–Crippen LogP) is 5.44. The van der Waals surface area contributed by atoms with E-state index < -0.39 is 10.0 Å². The highest BCUT2D eigenvalue weighted by atomic mass is 35.5. The molecule has 0 unspecified atom stereocenters. The van der Waals surface area contributed by atoms with Crippen molar-refractivity contribution in [2.75, 3.05) is 30.3 Å². The van der Waals surface area contributed by atoms with Crippen LogP contribution in [0.4, 0.5) is 5.69 Å². The van der Waals surface area contributed by atoms with E-state index in [1.165, 1.54) is 9.87 Å². The topological polar surface area (TPSA) is 75.7 Å². The molecule has 1 fully saturated rings. The summed E-state index contributed by atoms with van der Waals surface area (Å²) < 4.78 is 31.9. The fourth-order valence-electron chi connectivity index (χ4n) is 4.48. The van der Waals surface area contributed by atoms with Gasteiger partial charge in [0.1, 0.15) is 0 Å². The van der Waals surface area contributed by atoms with Crippen LogP contribution in [0.1, 0.15) is 34.3 Å². The van der Waals surface area contributed by atoms with E-state index in [4.69, 9.17) is 27.9 Å². The molecule has 0 aliphatic carbocycles. The molecule has 1 N–H and O–H groups in total. The Morgan fingerprint density at radius 2 is 1.56 bits per heavy atom. The Kier molecular flexibility index (Phi) is 8.25. The number of amides is 1. The van der Waals surface area contributed by atoms with Gasteiger partial charge < -0.3 is 10.1 Å². The number of hydrogen-bond donors (Lipinski definition) is 1. The van der Waals surface area contributed by atoms with E-state index >= 15 is 0 Å². The van der Waals surface area contributed by atoms with Crippen LogP contribution in [-0.2, 0) is 26.7 Å². The Morgan fingerprint density at radius 3 is 2.14 bits per heavy atom. The van der Waals surface area contributed by atoms with Crippen LogP contribution in [0.25, 0.3) is 0 Å². The highest BCUT2D eigenvalue weighted by molar-refractivity contribution is 7.92. The van der Waals surface area contributed by atoms with Crippen molar-refractivity contribution in [2.45, 2.75) is 24.8 Å². The molecule has 1 aliphatic rings. The molecule has 4 rings (SSSR count). The van der Waals surface area contributed by atoms with E-state index in [0.717, 1.165) is 19.1 Å². The van der Waals surface area contributed by atoms with Gasteiger partial charge in [0.25, 0.3) is 5.91 Å². The first-order valence-corrected chi connectivity index (χ1v) is 14.2. The largest absolute Gasteiger partial charge is 0.381 e. The Labute approximate surface area is 222 Å². The maximum Gasteiger partial charge on any atom is 0.251 e. The van der Waals surface area contributed by atoms with Gasteiger partial charge in [0.15, 0.2) is 0 Å². The minimum atomic E-state index is -3.64. The zero-order valence-electron chi connectivity index (χ0n) is 19.9. The molecule has 9 heteroatoms. The third-order valence-electron chi connectivity index (χ3n) is 6.60. The maximum absolute atomic E-state index is 13.0. The Bertz CT molecular complexity index is 1290. The minimum Gasteiger partial charge on any atom is -0.381 e. The Hall–Kier alpha value is -2.58. The van der Waals surface area contributed by atoms with E-state index in [1.807, 2.05) is 18.2 Å². The van der Waals surface area contributed by atoms with Gasteiger partial charge >= 0.3 is 0 Å². The second-order valence-corrected chi connectivity index (χ2v) is 11.7. The molecule has 36 heavy (non-hydrogen) atoms. The fourth-order valence-corrected chi connectivity index (χ4v) is 5.86. The molecule has 3 aromatic carbocycles. The highest BCUT2D eigenvalue weighted by Crippen LogP contribution is 2.34. The zero-order chi connectivity index (χ0) is 25.8. The van der Waals surface area contributed by atoms with Crippen LogP contribution in [-0.4, -0.2) is 40.3 Å². The number of rotatable bonds is 8. The van der Waals surface area contributed by atoms with Crippen molar-refractivity contribution in [2.24, 2.45) is 0 Å². The van der Waals surface area contributed by atoms with Crippen molar-refractivity contribution in [3.63, 3.8) is 0 Å². The number of sulfonamides is 1. The van der Waals surface area contributed by atoms with Crippen LogP contribution in [0.15, 0.2) is 72.8 Å². The molecule has 1 amide bonds. The molecule has 1 saturated heterocycles. The lowest BCUT2D eigenvalue weighted by atomic mass is 9.74. The third kappa shape index (κ3) is 6.03. The molecule has 0 atom stereocenters. The van der Waals surface area contributed by atoms with Gasteiger partial charge in [-0.2, -0.15) is 0 Å². The number of nitrogens with one attached hydrogen (secondary N) is 1. The summed E-state index contributed by atoms with van der Waals surface area (Å²) in [6.07, 6.45) is 2.77. The van der Waals surface area contributed by atoms with E-state index in [0.29, 0.717) is 46.6 Å². The molecule has 0 aromatic heterocycles. The molecule has 0 radical (unpaired) electrons. The summed E-state index contributed by atoms with van der Waals surface area (Å²) in [5.74, 6) is -0.219. The van der Waals surface area contributed by atoms with Gasteiger partial charge in [0.2, 0.25) is 10.0 Å². The third-order valence-corrected chi connectivity index (χ3v) is 8.45. The van der Waals surface area contributed by atoms with E-state index in [1.54, 1.807) is 42.5 Å². The lowest BCUT2D eigenvalue weighted by molar-refractivity contribution is 0.0487. The number of carbonyl (C=O) groups is 1. The van der Waals surface area contributed by atoms with Crippen LogP contribution in [0, 0.1) is 0 Å². The average molecular weight is 548 g/mol. The van der Waals surface area contributed by atoms with Crippen molar-refractivity contribution in [3.8, 4) is 0 Å². The summed E-state index contributed by atoms with van der Waals surface area (Å²) in [7, 11) is -3.64. The molecule has 0 spiro atoms. The summed E-state index contributed by atoms with van der Waals surface area (Å²) in [5, 5.41) is 3.84. The SMILES string of the molecule is CS(=O)(=O)N(Cc1c(Cl)cccc1Cl)c1ccc(C(=O)NCC2(c3ccccc3)CCOCC2)cc1. The molecular formula is C27H28Cl2N2O4S. The van der Waals surface area contributed by atoms with Gasteiger partial charge in [0.05, 0.1) is 18.5 Å². The number of benzene rings is 3. The fraction of sp³-hybridized carbons (Fsp3) is 0.296. The van der Waals surface area contributed by atoms with Crippen molar-refractivity contribution >= 4 is 44.8 Å². The Balaban J connectivity index is 1.51. The van der Waals surface area contributed by atoms with Crippen molar-refractivity contribution in [1.82, 2.24) is 5.32 Å². The lowest BCUT2D eigenvalue weighted by Gasteiger charge is -2.38. The Morgan fingerprint density at radius 1 is 0.944 bits per heavy atom. The van der Waals surface area contributed by atoms with E-state index in [2.05, 4.69) is 17.4 Å². The van der Waals surface area contributed by atoms with Crippen molar-refractivity contribution in [3.05, 3.63) is 99.5 Å². The second-order valence-electron chi connectivity index (χ2n) is 8.96. The van der Waals surface area contributed by atoms with Crippen LogP contribution in [0.3, 0.4) is 0 Å². The van der Waals surface area contributed by atoms with Crippen LogP contribution in [0.5, 0.6) is 0 Å². The maximum atomic E-state index is 13.0. The summed E-state index contributed by atoms with van der Waals surface area (Å²) in [4.78, 5) is 13.0. The number of ether oxygens (including phenoxy) is 1. The lowest BCUT2D eigenvalue weighted by Crippen LogP contribution is -2.44. The highest BCUT2D eigenvalue weighted by Gasteiger charge is 2.34. The number of anilines is 1. The summed E-state index contributed by atoms with van der Waals surface area (Å²) in [5.41, 5.74) is 2.37. The quantitative estimate of drug-likeness (QED) is 0.408. The van der Waals surface area contributed by atoms with Gasteiger partial charge in [-0.3, -0.25) is 9.10 Å². The van der Waals surface area contributed by atoms with Gasteiger partial charge in [-0.1, -0.05) is 59.6 Å². The van der Waals surface area contributed by atoms with Gasteiger partial charge in [-0.25, -0.2) is 8.42 Å². The van der Waals surface area contributed by atoms with Crippen molar-refractivity contribution < 1.29 is 17.9 Å². The second kappa shape index (κ2) is 11.2. The van der Waals surface area contributed by atoms with Gasteiger partial charge in [-0.15, -0.1) is 0 Å². The van der Waals surface area contributed by atoms with Crippen LogP contribution < -0.4 is 9.62 Å². The molecule has 1 heterocycles. The number of carbonyl (C=O) groups excluding carboxylic acids is 1. The van der Waals surface area contributed by atoms with Crippen LogP contribution >= 0.6 is 23.2 Å². The smallest absolute Gasteiger partial charge is 0.251 e. The molecular weight excluding hydrogens is 519 g/mol. The number of hydrogen-bond acceptors (Lipinski definition) is 4. The molecule has 6 nitrogen and oxygen atoms in total. The van der Waals surface area contributed by atoms with E-state index in [-0.39, 0.29) is 17.9 Å². The molecule has 0 saturated carbocycles. The minimum absolute atomic E-state index is 0.0233.